The quantitative estimate of drug-likeness (QED) is 0.0685. The highest BCUT2D eigenvalue weighted by Crippen LogP contribution is 2.41. The van der Waals surface area contributed by atoms with Crippen molar-refractivity contribution in [3.8, 4) is 0 Å². The van der Waals surface area contributed by atoms with E-state index in [0.717, 1.165) is 71.2 Å². The summed E-state index contributed by atoms with van der Waals surface area (Å²) in [5.74, 6) is 0.0751. The van der Waals surface area contributed by atoms with Gasteiger partial charge in [-0.2, -0.15) is 0 Å². The molecule has 1 aliphatic carbocycles. The molecule has 1 N–H and O–H groups in total. The maximum atomic E-state index is 4.86. The second-order valence-corrected chi connectivity index (χ2v) is 19.7. The van der Waals surface area contributed by atoms with Crippen LogP contribution in [0.1, 0.15) is 111 Å². The van der Waals surface area contributed by atoms with Crippen LogP contribution < -0.4 is 24.9 Å². The van der Waals surface area contributed by atoms with Crippen LogP contribution in [0, 0.1) is 0 Å². The number of aliphatic imine (C=N–C) groups is 1. The molecule has 6 nitrogen and oxygen atoms in total. The molecule has 0 fully saturated rings. The van der Waals surface area contributed by atoms with Gasteiger partial charge in [-0.05, 0) is 177 Å². The summed E-state index contributed by atoms with van der Waals surface area (Å²) in [6.45, 7) is 26.7. The Kier molecular flexibility index (Phi) is 17.5. The predicted octanol–water partition coefficient (Wildman–Crippen LogP) is 16.5. The number of anilines is 5. The van der Waals surface area contributed by atoms with Crippen molar-refractivity contribution in [2.75, 3.05) is 77.3 Å². The number of fused-ring (bicyclic) bond motifs is 2. The predicted molar refractivity (Wildman–Crippen MR) is 330 cm³/mol. The van der Waals surface area contributed by atoms with Crippen molar-refractivity contribution in [1.29, 1.82) is 0 Å². The third-order valence-corrected chi connectivity index (χ3v) is 15.4. The van der Waals surface area contributed by atoms with E-state index in [9.17, 15) is 0 Å². The smallest absolute Gasteiger partial charge is 0.0652 e. The zero-order valence-corrected chi connectivity index (χ0v) is 46.4. The topological polar surface area (TPSA) is 37.4 Å². The van der Waals surface area contributed by atoms with Crippen molar-refractivity contribution in [2.45, 2.75) is 74.4 Å². The summed E-state index contributed by atoms with van der Waals surface area (Å²) < 4.78 is 0. The number of nitrogens with zero attached hydrogens (tertiary/aromatic N) is 5. The summed E-state index contributed by atoms with van der Waals surface area (Å²) in [6.07, 6.45) is 4.47. The van der Waals surface area contributed by atoms with Crippen molar-refractivity contribution < 1.29 is 0 Å². The van der Waals surface area contributed by atoms with Gasteiger partial charge in [-0.3, -0.25) is 4.99 Å². The first kappa shape index (κ1) is 53.0. The van der Waals surface area contributed by atoms with Crippen LogP contribution in [0.2, 0.25) is 0 Å². The Hall–Kier alpha value is -7.83. The molecule has 0 aromatic heterocycles. The largest absolute Gasteiger partial charge is 0.385 e. The minimum atomic E-state index is 0.0751. The first-order chi connectivity index (χ1) is 37.3. The molecular weight excluding hydrogens is 925 g/mol. The molecule has 0 amide bonds. The fraction of sp³-hybridized carbons (Fsp3) is 0.271. The summed E-state index contributed by atoms with van der Waals surface area (Å²) in [5, 5.41) is 6.15. The molecule has 0 aliphatic heterocycles. The molecule has 1 atom stereocenters. The van der Waals surface area contributed by atoms with E-state index in [1.54, 1.807) is 0 Å². The number of hydrogen-bond donors (Lipinski definition) is 1. The molecule has 1 unspecified atom stereocenters. The summed E-state index contributed by atoms with van der Waals surface area (Å²) in [6, 6.07) is 68.5. The van der Waals surface area contributed by atoms with Crippen LogP contribution in [0.5, 0.6) is 0 Å². The van der Waals surface area contributed by atoms with Crippen LogP contribution in [-0.4, -0.2) is 58.1 Å². The number of benzene rings is 8. The van der Waals surface area contributed by atoms with Crippen LogP contribution in [-0.2, 0) is 13.1 Å². The second kappa shape index (κ2) is 25.1. The van der Waals surface area contributed by atoms with E-state index in [1.165, 1.54) is 100 Å². The fourth-order valence-electron chi connectivity index (χ4n) is 11.3. The highest BCUT2D eigenvalue weighted by atomic mass is 15.1. The molecule has 0 saturated carbocycles. The Labute approximate surface area is 454 Å². The van der Waals surface area contributed by atoms with Crippen molar-refractivity contribution in [3.05, 3.63) is 244 Å². The van der Waals surface area contributed by atoms with E-state index in [-0.39, 0.29) is 5.92 Å². The highest BCUT2D eigenvalue weighted by molar-refractivity contribution is 6.19. The number of hydrogen-bond acceptors (Lipinski definition) is 6. The maximum Gasteiger partial charge on any atom is 0.0652 e. The maximum absolute atomic E-state index is 4.86. The lowest BCUT2D eigenvalue weighted by molar-refractivity contribution is 0.820. The van der Waals surface area contributed by atoms with Crippen LogP contribution in [0.3, 0.4) is 0 Å². The third-order valence-electron chi connectivity index (χ3n) is 15.4. The molecule has 0 spiro atoms. The summed E-state index contributed by atoms with van der Waals surface area (Å²) in [7, 11) is 0. The van der Waals surface area contributed by atoms with Gasteiger partial charge in [0.1, 0.15) is 0 Å². The van der Waals surface area contributed by atoms with Gasteiger partial charge < -0.3 is 24.9 Å². The van der Waals surface area contributed by atoms with Gasteiger partial charge >= 0.3 is 0 Å². The molecular formula is C70H78N6. The molecule has 0 heterocycles. The van der Waals surface area contributed by atoms with E-state index < -0.39 is 0 Å². The Bertz CT molecular complexity index is 3250. The zero-order valence-electron chi connectivity index (χ0n) is 46.4. The standard InChI is InChI=1S/C70H78N6/c1-9-71-67-47-45-65(61-21-17-19-23-63(61)67)69(53-29-37-57(38-30-53)73(11-3)12-4)55-33-41-59(42-34-55)75(15-7)49-51-25-27-52(28-26-51)50-76(16-8)60-43-35-56(36-44-60)70(54-31-39-58(40-32-54)74(13-5)14-6)66-46-48-68(72-10-2)64-24-20-18-22-62(64)66/h17-48,69,71H,9-16,49-50H2,1-8H3. The third kappa shape index (κ3) is 11.5. The van der Waals surface area contributed by atoms with Crippen molar-refractivity contribution >= 4 is 56.1 Å². The Morgan fingerprint density at radius 3 is 1.32 bits per heavy atom. The molecule has 0 saturated heterocycles. The lowest BCUT2D eigenvalue weighted by Crippen LogP contribution is -2.23. The molecule has 8 aromatic carbocycles. The molecule has 0 bridgehead atoms. The summed E-state index contributed by atoms with van der Waals surface area (Å²) in [4.78, 5) is 14.6. The van der Waals surface area contributed by atoms with Crippen molar-refractivity contribution in [3.63, 3.8) is 0 Å². The minimum Gasteiger partial charge on any atom is -0.385 e. The summed E-state index contributed by atoms with van der Waals surface area (Å²) >= 11 is 0. The number of nitrogens with one attached hydrogen (secondary N) is 1. The van der Waals surface area contributed by atoms with E-state index in [0.29, 0.717) is 0 Å². The zero-order chi connectivity index (χ0) is 53.0. The molecule has 6 heteroatoms. The van der Waals surface area contributed by atoms with Gasteiger partial charge in [-0.25, -0.2) is 0 Å². The van der Waals surface area contributed by atoms with Gasteiger partial charge in [-0.15, -0.1) is 0 Å². The van der Waals surface area contributed by atoms with E-state index in [4.69, 9.17) is 4.99 Å². The average Bonchev–Trinajstić information content (AvgIpc) is 3.47. The lowest BCUT2D eigenvalue weighted by atomic mass is 9.82. The molecule has 1 aliphatic rings. The molecule has 0 radical (unpaired) electrons. The second-order valence-electron chi connectivity index (χ2n) is 19.7. The van der Waals surface area contributed by atoms with Crippen LogP contribution in [0.25, 0.3) is 21.9 Å². The van der Waals surface area contributed by atoms with Crippen LogP contribution in [0.4, 0.5) is 28.4 Å². The van der Waals surface area contributed by atoms with E-state index in [2.05, 4.69) is 274 Å². The Morgan fingerprint density at radius 2 is 0.855 bits per heavy atom. The first-order valence-corrected chi connectivity index (χ1v) is 28.1. The van der Waals surface area contributed by atoms with Gasteiger partial charge in [-0.1, -0.05) is 133 Å². The van der Waals surface area contributed by atoms with Crippen LogP contribution >= 0.6 is 0 Å². The minimum absolute atomic E-state index is 0.0751. The van der Waals surface area contributed by atoms with Gasteiger partial charge in [0.15, 0.2) is 0 Å². The Morgan fingerprint density at radius 1 is 0.421 bits per heavy atom. The Balaban J connectivity index is 0.938. The van der Waals surface area contributed by atoms with Gasteiger partial charge in [0, 0.05) is 111 Å². The SMILES string of the molecule is CCN=C1C=CC(=C(c2ccc(N(CC)CC)cc2)c2ccc(N(CC)Cc3ccc(CN(CC)c4ccc(C(c5ccc(N(CC)CC)cc5)c5ccc(NCC)c6ccccc56)cc4)cc3)cc2)c2ccccc21. The normalized spacial score (nSPS) is 13.6. The van der Waals surface area contributed by atoms with Gasteiger partial charge in [0.2, 0.25) is 0 Å². The van der Waals surface area contributed by atoms with Crippen molar-refractivity contribution in [1.82, 2.24) is 0 Å². The number of allylic oxidation sites excluding steroid dienone is 3. The van der Waals surface area contributed by atoms with E-state index in [1.807, 2.05) is 0 Å². The molecule has 388 valence electrons. The van der Waals surface area contributed by atoms with Gasteiger partial charge in [0.25, 0.3) is 0 Å². The average molecular weight is 1000 g/mol. The lowest BCUT2D eigenvalue weighted by Gasteiger charge is -2.27. The number of rotatable bonds is 22. The molecule has 9 rings (SSSR count). The first-order valence-electron chi connectivity index (χ1n) is 28.1. The monoisotopic (exact) mass is 1000 g/mol. The van der Waals surface area contributed by atoms with E-state index >= 15 is 0 Å². The fourth-order valence-corrected chi connectivity index (χ4v) is 11.3. The van der Waals surface area contributed by atoms with Crippen molar-refractivity contribution in [2.24, 2.45) is 4.99 Å². The highest BCUT2D eigenvalue weighted by Gasteiger charge is 2.23. The van der Waals surface area contributed by atoms with Crippen LogP contribution in [0.15, 0.2) is 199 Å². The molecule has 8 aromatic rings. The summed E-state index contributed by atoms with van der Waals surface area (Å²) in [5.41, 5.74) is 21.0. The molecule has 76 heavy (non-hydrogen) atoms. The van der Waals surface area contributed by atoms with Gasteiger partial charge in [0.05, 0.1) is 5.71 Å².